The van der Waals surface area contributed by atoms with E-state index in [0.717, 1.165) is 5.56 Å². The van der Waals surface area contributed by atoms with Gasteiger partial charge in [0.1, 0.15) is 0 Å². The Kier molecular flexibility index (Phi) is 1.63. The molecule has 0 aromatic heterocycles. The van der Waals surface area contributed by atoms with E-state index in [0.29, 0.717) is 29.6 Å². The SMILES string of the molecule is O[C@@]1(c2ccccc2)[C@@H]2[C@@H]3C[C@@H]4[C@H]5[C@H]3[C@H]1[C@](O)([C@@H]42)[C@@H]5Br. The van der Waals surface area contributed by atoms with Gasteiger partial charge in [0.25, 0.3) is 0 Å². The van der Waals surface area contributed by atoms with Crippen molar-refractivity contribution < 1.29 is 10.2 Å². The van der Waals surface area contributed by atoms with Crippen molar-refractivity contribution >= 4 is 15.9 Å². The van der Waals surface area contributed by atoms with E-state index < -0.39 is 11.2 Å². The predicted molar refractivity (Wildman–Crippen MR) is 77.1 cm³/mol. The van der Waals surface area contributed by atoms with Crippen LogP contribution >= 0.6 is 15.9 Å². The van der Waals surface area contributed by atoms with Gasteiger partial charge >= 0.3 is 0 Å². The van der Waals surface area contributed by atoms with Gasteiger partial charge in [-0.15, -0.1) is 0 Å². The Labute approximate surface area is 126 Å². The molecule has 0 heterocycles. The molecule has 6 aliphatic carbocycles. The summed E-state index contributed by atoms with van der Waals surface area (Å²) < 4.78 is 0. The van der Waals surface area contributed by atoms with Crippen molar-refractivity contribution in [3.63, 3.8) is 0 Å². The van der Waals surface area contributed by atoms with Crippen molar-refractivity contribution in [2.24, 2.45) is 41.4 Å². The minimum absolute atomic E-state index is 0.0468. The molecule has 6 saturated carbocycles. The molecule has 10 atom stereocenters. The zero-order valence-electron chi connectivity index (χ0n) is 11.0. The van der Waals surface area contributed by atoms with Crippen LogP contribution in [0.5, 0.6) is 0 Å². The normalized spacial score (nSPS) is 67.0. The highest BCUT2D eigenvalue weighted by molar-refractivity contribution is 9.09. The molecule has 2 N–H and O–H groups in total. The van der Waals surface area contributed by atoms with Crippen LogP contribution in [0.1, 0.15) is 12.0 Å². The molecule has 6 fully saturated rings. The van der Waals surface area contributed by atoms with Crippen LogP contribution in [-0.4, -0.2) is 20.6 Å². The second kappa shape index (κ2) is 2.90. The summed E-state index contributed by atoms with van der Waals surface area (Å²) in [5, 5.41) is 23.0. The summed E-state index contributed by atoms with van der Waals surface area (Å²) in [7, 11) is 0. The molecular formula is C17H17BrO2. The third-order valence-electron chi connectivity index (χ3n) is 7.70. The van der Waals surface area contributed by atoms with Crippen LogP contribution in [0, 0.1) is 41.4 Å². The average Bonchev–Trinajstić information content (AvgIpc) is 3.16. The third kappa shape index (κ3) is 0.768. The van der Waals surface area contributed by atoms with Gasteiger partial charge in [0, 0.05) is 16.7 Å². The number of aliphatic hydroxyl groups is 2. The fourth-order valence-electron chi connectivity index (χ4n) is 7.73. The van der Waals surface area contributed by atoms with Gasteiger partial charge in [0.05, 0.1) is 11.2 Å². The van der Waals surface area contributed by atoms with E-state index >= 15 is 0 Å². The first-order chi connectivity index (χ1) is 9.61. The standard InChI is InChI=1S/C17H17BrO2/c18-15-11-9-6-8-10(11)14-16(19,7-4-2-1-3-5-7)12(8)13(9)17(14,15)20/h1-5,8-15,19-20H,6H2/t8-,9-,10+,11+,12-,13+,14-,15-,16+,17-/m1/s1. The van der Waals surface area contributed by atoms with Crippen LogP contribution in [0.2, 0.25) is 0 Å². The molecule has 0 saturated heterocycles. The zero-order valence-corrected chi connectivity index (χ0v) is 12.6. The van der Waals surface area contributed by atoms with Crippen LogP contribution < -0.4 is 0 Å². The number of hydrogen-bond acceptors (Lipinski definition) is 2. The molecule has 0 radical (unpaired) electrons. The van der Waals surface area contributed by atoms with Crippen molar-refractivity contribution in [2.45, 2.75) is 22.5 Å². The number of halogens is 1. The lowest BCUT2D eigenvalue weighted by molar-refractivity contribution is -0.0777. The first kappa shape index (κ1) is 11.2. The van der Waals surface area contributed by atoms with Crippen molar-refractivity contribution in [3.8, 4) is 0 Å². The predicted octanol–water partition coefficient (Wildman–Crippen LogP) is 2.14. The quantitative estimate of drug-likeness (QED) is 0.773. The van der Waals surface area contributed by atoms with Crippen molar-refractivity contribution in [2.75, 3.05) is 0 Å². The fourth-order valence-corrected chi connectivity index (χ4v) is 9.06. The molecule has 6 aliphatic rings. The van der Waals surface area contributed by atoms with Gasteiger partial charge in [-0.2, -0.15) is 0 Å². The summed E-state index contributed by atoms with van der Waals surface area (Å²) in [4.78, 5) is 0.202. The smallest absolute Gasteiger partial charge is 0.0989 e. The van der Waals surface area contributed by atoms with Crippen molar-refractivity contribution in [1.82, 2.24) is 0 Å². The molecule has 3 heteroatoms. The minimum atomic E-state index is -0.790. The van der Waals surface area contributed by atoms with E-state index in [1.165, 1.54) is 6.42 Å². The maximum Gasteiger partial charge on any atom is 0.0989 e. The van der Waals surface area contributed by atoms with E-state index in [1.807, 2.05) is 18.2 Å². The zero-order chi connectivity index (χ0) is 13.4. The fraction of sp³-hybridized carbons (Fsp3) is 0.647. The molecular weight excluding hydrogens is 316 g/mol. The van der Waals surface area contributed by atoms with E-state index in [9.17, 15) is 10.2 Å². The van der Waals surface area contributed by atoms with Crippen LogP contribution in [0.3, 0.4) is 0 Å². The Morgan fingerprint density at radius 1 is 1.00 bits per heavy atom. The summed E-state index contributed by atoms with van der Waals surface area (Å²) in [6.45, 7) is 0. The van der Waals surface area contributed by atoms with Crippen LogP contribution in [0.25, 0.3) is 0 Å². The molecule has 6 bridgehead atoms. The molecule has 0 unspecified atom stereocenters. The van der Waals surface area contributed by atoms with Gasteiger partial charge in [-0.1, -0.05) is 46.3 Å². The molecule has 2 nitrogen and oxygen atoms in total. The first-order valence-electron chi connectivity index (χ1n) is 7.75. The lowest BCUT2D eigenvalue weighted by atomic mass is 9.69. The molecule has 0 amide bonds. The highest BCUT2D eigenvalue weighted by Gasteiger charge is 2.92. The summed E-state index contributed by atoms with van der Waals surface area (Å²) in [5.74, 6) is 3.09. The second-order valence-corrected chi connectivity index (χ2v) is 8.71. The summed E-state index contributed by atoms with van der Waals surface area (Å²) in [6.07, 6.45) is 1.24. The summed E-state index contributed by atoms with van der Waals surface area (Å²) in [5.41, 5.74) is -0.420. The van der Waals surface area contributed by atoms with Gasteiger partial charge in [0.2, 0.25) is 0 Å². The average molecular weight is 333 g/mol. The Balaban J connectivity index is 1.65. The molecule has 7 rings (SSSR count). The topological polar surface area (TPSA) is 40.5 Å². The molecule has 1 aromatic rings. The minimum Gasteiger partial charge on any atom is -0.388 e. The summed E-state index contributed by atoms with van der Waals surface area (Å²) in [6, 6.07) is 10.1. The highest BCUT2D eigenvalue weighted by Crippen LogP contribution is 2.88. The highest BCUT2D eigenvalue weighted by atomic mass is 79.9. The Morgan fingerprint density at radius 2 is 1.70 bits per heavy atom. The lowest BCUT2D eigenvalue weighted by Gasteiger charge is -2.38. The number of hydrogen-bond donors (Lipinski definition) is 2. The van der Waals surface area contributed by atoms with Crippen LogP contribution in [-0.2, 0) is 5.60 Å². The van der Waals surface area contributed by atoms with Crippen molar-refractivity contribution in [1.29, 1.82) is 0 Å². The number of alkyl halides is 1. The Bertz CT molecular complexity index is 631. The third-order valence-corrected chi connectivity index (χ3v) is 9.05. The van der Waals surface area contributed by atoms with E-state index in [2.05, 4.69) is 28.1 Å². The maximum atomic E-state index is 11.6. The summed E-state index contributed by atoms with van der Waals surface area (Å²) >= 11 is 3.81. The Hall–Kier alpha value is -0.380. The molecule has 20 heavy (non-hydrogen) atoms. The van der Waals surface area contributed by atoms with Gasteiger partial charge in [0.15, 0.2) is 0 Å². The van der Waals surface area contributed by atoms with Gasteiger partial charge in [-0.05, 0) is 41.6 Å². The first-order valence-corrected chi connectivity index (χ1v) is 8.67. The molecule has 1 aromatic carbocycles. The van der Waals surface area contributed by atoms with Crippen LogP contribution in [0.4, 0.5) is 0 Å². The van der Waals surface area contributed by atoms with E-state index in [1.54, 1.807) is 0 Å². The molecule has 0 spiro atoms. The molecule has 0 aliphatic heterocycles. The van der Waals surface area contributed by atoms with Crippen molar-refractivity contribution in [3.05, 3.63) is 35.9 Å². The largest absolute Gasteiger partial charge is 0.388 e. The maximum absolute atomic E-state index is 11.6. The van der Waals surface area contributed by atoms with Crippen LogP contribution in [0.15, 0.2) is 30.3 Å². The second-order valence-electron chi connectivity index (χ2n) is 7.73. The Morgan fingerprint density at radius 3 is 2.40 bits per heavy atom. The van der Waals surface area contributed by atoms with E-state index in [-0.39, 0.29) is 16.7 Å². The molecule has 104 valence electrons. The number of benzene rings is 1. The lowest BCUT2D eigenvalue weighted by Crippen LogP contribution is -2.47. The van der Waals surface area contributed by atoms with E-state index in [4.69, 9.17) is 0 Å². The van der Waals surface area contributed by atoms with Gasteiger partial charge < -0.3 is 10.2 Å². The number of rotatable bonds is 1. The van der Waals surface area contributed by atoms with Gasteiger partial charge in [-0.25, -0.2) is 0 Å². The van der Waals surface area contributed by atoms with Gasteiger partial charge in [-0.3, -0.25) is 0 Å². The monoisotopic (exact) mass is 332 g/mol.